The molecule has 0 fully saturated rings. The van der Waals surface area contributed by atoms with E-state index in [4.69, 9.17) is 23.2 Å². The lowest BCUT2D eigenvalue weighted by Gasteiger charge is -2.08. The van der Waals surface area contributed by atoms with Crippen molar-refractivity contribution in [2.75, 3.05) is 11.1 Å². The maximum absolute atomic E-state index is 12.1. The Morgan fingerprint density at radius 3 is 2.57 bits per heavy atom. The molecule has 0 radical (unpaired) electrons. The van der Waals surface area contributed by atoms with Gasteiger partial charge >= 0.3 is 0 Å². The maximum atomic E-state index is 12.1. The first kappa shape index (κ1) is 20.5. The van der Waals surface area contributed by atoms with Gasteiger partial charge in [-0.25, -0.2) is 9.97 Å². The Hall–Kier alpha value is -2.28. The molecular weight excluding hydrogens is 415 g/mol. The first-order valence-corrected chi connectivity index (χ1v) is 10.3. The van der Waals surface area contributed by atoms with Crippen LogP contribution >= 0.6 is 35.0 Å². The number of halogens is 2. The number of hydrogen-bond donors (Lipinski definition) is 2. The van der Waals surface area contributed by atoms with Crippen molar-refractivity contribution in [2.24, 2.45) is 0 Å². The van der Waals surface area contributed by atoms with E-state index in [1.54, 1.807) is 12.1 Å². The van der Waals surface area contributed by atoms with Crippen LogP contribution in [0.25, 0.3) is 0 Å². The molecule has 0 saturated heterocycles. The van der Waals surface area contributed by atoms with E-state index in [0.717, 1.165) is 16.2 Å². The molecule has 1 heterocycles. The van der Waals surface area contributed by atoms with Gasteiger partial charge in [-0.2, -0.15) is 0 Å². The van der Waals surface area contributed by atoms with Gasteiger partial charge in [0.05, 0.1) is 5.75 Å². The summed E-state index contributed by atoms with van der Waals surface area (Å²) in [5.41, 5.74) is 1.98. The fourth-order valence-corrected chi connectivity index (χ4v) is 3.36. The average Bonchev–Trinajstić information content (AvgIpc) is 2.71. The molecule has 0 aliphatic carbocycles. The highest BCUT2D eigenvalue weighted by molar-refractivity contribution is 7.99. The van der Waals surface area contributed by atoms with Gasteiger partial charge < -0.3 is 10.6 Å². The highest BCUT2D eigenvalue weighted by atomic mass is 35.5. The summed E-state index contributed by atoms with van der Waals surface area (Å²) in [5.74, 6) is 0.886. The molecule has 5 nitrogen and oxygen atoms in total. The fourth-order valence-electron chi connectivity index (χ4n) is 2.34. The number of carbonyl (C=O) groups excluding carboxylic acids is 1. The predicted octanol–water partition coefficient (Wildman–Crippen LogP) is 4.80. The van der Waals surface area contributed by atoms with Crippen LogP contribution in [0.4, 0.5) is 5.82 Å². The summed E-state index contributed by atoms with van der Waals surface area (Å²) >= 11 is 13.4. The molecule has 0 bridgehead atoms. The van der Waals surface area contributed by atoms with E-state index in [0.29, 0.717) is 29.0 Å². The molecule has 1 amide bonds. The minimum absolute atomic E-state index is 0.0656. The molecule has 0 spiro atoms. The fraction of sp³-hybridized carbons (Fsp3) is 0.150. The van der Waals surface area contributed by atoms with Gasteiger partial charge in [0, 0.05) is 29.2 Å². The van der Waals surface area contributed by atoms with Crippen LogP contribution in [0.2, 0.25) is 10.0 Å². The first-order chi connectivity index (χ1) is 13.6. The quantitative estimate of drug-likeness (QED) is 0.395. The Bertz CT molecular complexity index is 937. The number of nitrogens with zero attached hydrogens (tertiary/aromatic N) is 2. The molecular formula is C20H18Cl2N4OS. The molecule has 0 aliphatic rings. The van der Waals surface area contributed by atoms with Gasteiger partial charge in [0.1, 0.15) is 17.2 Å². The molecule has 2 N–H and O–H groups in total. The van der Waals surface area contributed by atoms with Gasteiger partial charge in [-0.1, -0.05) is 65.3 Å². The van der Waals surface area contributed by atoms with Crippen LogP contribution in [0, 0.1) is 0 Å². The first-order valence-electron chi connectivity index (χ1n) is 8.53. The third kappa shape index (κ3) is 6.41. The standard InChI is InChI=1S/C20H18Cl2N4OS/c21-16-7-5-14(6-8-16)10-24-19(27)12-28-20-9-18(25-13-26-20)23-11-15-3-1-2-4-17(15)22/h1-9,13H,10-12H2,(H,24,27)(H,23,25,26). The molecule has 1 aromatic heterocycles. The summed E-state index contributed by atoms with van der Waals surface area (Å²) in [6.07, 6.45) is 1.48. The smallest absolute Gasteiger partial charge is 0.230 e. The van der Waals surface area contributed by atoms with Crippen LogP contribution in [0.5, 0.6) is 0 Å². The number of thioether (sulfide) groups is 1. The van der Waals surface area contributed by atoms with E-state index in [9.17, 15) is 4.79 Å². The summed E-state index contributed by atoms with van der Waals surface area (Å²) in [6, 6.07) is 16.8. The second-order valence-electron chi connectivity index (χ2n) is 5.88. The van der Waals surface area contributed by atoms with Crippen molar-refractivity contribution in [1.29, 1.82) is 0 Å². The zero-order valence-corrected chi connectivity index (χ0v) is 17.2. The number of aromatic nitrogens is 2. The Morgan fingerprint density at radius 1 is 1.00 bits per heavy atom. The van der Waals surface area contributed by atoms with Crippen LogP contribution in [-0.2, 0) is 17.9 Å². The van der Waals surface area contributed by atoms with Crippen molar-refractivity contribution in [3.8, 4) is 0 Å². The van der Waals surface area contributed by atoms with Crippen LogP contribution in [0.15, 0.2) is 66.0 Å². The Balaban J connectivity index is 1.46. The highest BCUT2D eigenvalue weighted by Crippen LogP contribution is 2.19. The third-order valence-electron chi connectivity index (χ3n) is 3.81. The van der Waals surface area contributed by atoms with E-state index >= 15 is 0 Å². The van der Waals surface area contributed by atoms with Crippen LogP contribution in [0.3, 0.4) is 0 Å². The Labute approximate surface area is 177 Å². The summed E-state index contributed by atoms with van der Waals surface area (Å²) < 4.78 is 0. The molecule has 3 aromatic rings. The second kappa shape index (κ2) is 10.3. The average molecular weight is 433 g/mol. The van der Waals surface area contributed by atoms with Gasteiger partial charge in [-0.3, -0.25) is 4.79 Å². The number of nitrogens with one attached hydrogen (secondary N) is 2. The topological polar surface area (TPSA) is 66.9 Å². The van der Waals surface area contributed by atoms with Gasteiger partial charge in [-0.05, 0) is 29.3 Å². The lowest BCUT2D eigenvalue weighted by Crippen LogP contribution is -2.24. The van der Waals surface area contributed by atoms with E-state index in [-0.39, 0.29) is 11.7 Å². The summed E-state index contributed by atoms with van der Waals surface area (Å²) in [7, 11) is 0. The number of carbonyl (C=O) groups is 1. The van der Waals surface area contributed by atoms with Crippen molar-refractivity contribution >= 4 is 46.7 Å². The normalized spacial score (nSPS) is 10.5. The molecule has 2 aromatic carbocycles. The lowest BCUT2D eigenvalue weighted by atomic mass is 10.2. The van der Waals surface area contributed by atoms with Crippen LogP contribution < -0.4 is 10.6 Å². The molecule has 0 unspecified atom stereocenters. The summed E-state index contributed by atoms with van der Waals surface area (Å²) in [5, 5.41) is 8.20. The summed E-state index contributed by atoms with van der Waals surface area (Å²) in [4.78, 5) is 20.5. The molecule has 0 atom stereocenters. The van der Waals surface area contributed by atoms with E-state index < -0.39 is 0 Å². The maximum Gasteiger partial charge on any atom is 0.230 e. The zero-order valence-electron chi connectivity index (χ0n) is 14.9. The number of hydrogen-bond acceptors (Lipinski definition) is 5. The lowest BCUT2D eigenvalue weighted by molar-refractivity contribution is -0.118. The van der Waals surface area contributed by atoms with Gasteiger partial charge in [0.2, 0.25) is 5.91 Å². The predicted molar refractivity (Wildman–Crippen MR) is 115 cm³/mol. The van der Waals surface area contributed by atoms with Crippen LogP contribution in [-0.4, -0.2) is 21.6 Å². The number of anilines is 1. The summed E-state index contributed by atoms with van der Waals surface area (Å²) in [6.45, 7) is 1.02. The van der Waals surface area contributed by atoms with Gasteiger partial charge in [-0.15, -0.1) is 0 Å². The minimum Gasteiger partial charge on any atom is -0.366 e. The van der Waals surface area contributed by atoms with E-state index in [1.807, 2.05) is 42.5 Å². The van der Waals surface area contributed by atoms with Crippen molar-refractivity contribution in [1.82, 2.24) is 15.3 Å². The number of rotatable bonds is 8. The molecule has 28 heavy (non-hydrogen) atoms. The van der Waals surface area contributed by atoms with Crippen molar-refractivity contribution in [2.45, 2.75) is 18.1 Å². The highest BCUT2D eigenvalue weighted by Gasteiger charge is 2.06. The van der Waals surface area contributed by atoms with Crippen LogP contribution in [0.1, 0.15) is 11.1 Å². The zero-order chi connectivity index (χ0) is 19.8. The van der Waals surface area contributed by atoms with E-state index in [2.05, 4.69) is 20.6 Å². The Kier molecular flexibility index (Phi) is 7.54. The number of amides is 1. The van der Waals surface area contributed by atoms with E-state index in [1.165, 1.54) is 18.1 Å². The molecule has 0 saturated carbocycles. The minimum atomic E-state index is -0.0656. The number of benzene rings is 2. The molecule has 8 heteroatoms. The van der Waals surface area contributed by atoms with Gasteiger partial charge in [0.25, 0.3) is 0 Å². The van der Waals surface area contributed by atoms with Gasteiger partial charge in [0.15, 0.2) is 0 Å². The van der Waals surface area contributed by atoms with Crippen molar-refractivity contribution < 1.29 is 4.79 Å². The Morgan fingerprint density at radius 2 is 1.79 bits per heavy atom. The SMILES string of the molecule is O=C(CSc1cc(NCc2ccccc2Cl)ncn1)NCc1ccc(Cl)cc1. The van der Waals surface area contributed by atoms with Crippen molar-refractivity contribution in [3.63, 3.8) is 0 Å². The van der Waals surface area contributed by atoms with Crippen molar-refractivity contribution in [3.05, 3.63) is 82.1 Å². The second-order valence-corrected chi connectivity index (χ2v) is 7.72. The molecule has 3 rings (SSSR count). The third-order valence-corrected chi connectivity index (χ3v) is 5.36. The molecule has 144 valence electrons. The molecule has 0 aliphatic heterocycles. The largest absolute Gasteiger partial charge is 0.366 e. The monoisotopic (exact) mass is 432 g/mol.